The maximum atomic E-state index is 13.1. The number of hydrogen-bond donors (Lipinski definition) is 1. The van der Waals surface area contributed by atoms with E-state index in [1.54, 1.807) is 0 Å². The number of allylic oxidation sites excluding steroid dienone is 2. The summed E-state index contributed by atoms with van der Waals surface area (Å²) in [7, 11) is 0. The largest absolute Gasteiger partial charge is 0.550 e. The summed E-state index contributed by atoms with van der Waals surface area (Å²) in [5.41, 5.74) is 1.19. The van der Waals surface area contributed by atoms with Crippen LogP contribution in [0.1, 0.15) is 12.0 Å². The van der Waals surface area contributed by atoms with E-state index in [4.69, 9.17) is 9.47 Å². The highest BCUT2D eigenvalue weighted by Gasteiger charge is 2.50. The van der Waals surface area contributed by atoms with E-state index >= 15 is 0 Å². The zero-order valence-corrected chi connectivity index (χ0v) is 15.6. The van der Waals surface area contributed by atoms with E-state index in [0.717, 1.165) is 37.6 Å². The normalized spacial score (nSPS) is 30.8. The van der Waals surface area contributed by atoms with Crippen molar-refractivity contribution in [1.82, 2.24) is 4.90 Å². The summed E-state index contributed by atoms with van der Waals surface area (Å²) in [6.45, 7) is 4.18. The quantitative estimate of drug-likeness (QED) is 0.662. The maximum Gasteiger partial charge on any atom is 0.231 e. The molecule has 0 aromatic heterocycles. The lowest BCUT2D eigenvalue weighted by atomic mass is 9.82. The number of aliphatic carboxylic acids is 1. The molecule has 0 unspecified atom stereocenters. The molecule has 2 fully saturated rings. The third kappa shape index (κ3) is 2.94. The average molecular weight is 384 g/mol. The third-order valence-electron chi connectivity index (χ3n) is 6.69. The minimum atomic E-state index is -1.08. The van der Waals surface area contributed by atoms with E-state index in [1.165, 1.54) is 10.5 Å². The number of nitrogens with zero attached hydrogens (tertiary/aromatic N) is 1. The van der Waals surface area contributed by atoms with Crippen molar-refractivity contribution in [3.63, 3.8) is 0 Å². The van der Waals surface area contributed by atoms with Gasteiger partial charge < -0.3 is 29.2 Å². The summed E-state index contributed by atoms with van der Waals surface area (Å²) in [6.07, 6.45) is 4.74. The number of amides is 1. The molecule has 1 saturated carbocycles. The fourth-order valence-corrected chi connectivity index (χ4v) is 5.25. The number of hydrogen-bond acceptors (Lipinski definition) is 5. The topological polar surface area (TPSA) is 83.3 Å². The molecule has 4 aliphatic rings. The number of piperazine rings is 1. The van der Waals surface area contributed by atoms with Crippen molar-refractivity contribution in [3.05, 3.63) is 35.9 Å². The van der Waals surface area contributed by atoms with Crippen LogP contribution in [-0.4, -0.2) is 49.7 Å². The first-order valence-electron chi connectivity index (χ1n) is 10.0. The minimum Gasteiger partial charge on any atom is -0.550 e. The van der Waals surface area contributed by atoms with Crippen molar-refractivity contribution in [3.8, 4) is 11.5 Å². The second-order valence-corrected chi connectivity index (χ2v) is 8.26. The summed E-state index contributed by atoms with van der Waals surface area (Å²) < 4.78 is 10.8. The van der Waals surface area contributed by atoms with E-state index in [2.05, 4.69) is 6.07 Å². The predicted octanol–water partition coefficient (Wildman–Crippen LogP) is -1.17. The second-order valence-electron chi connectivity index (χ2n) is 8.26. The molecule has 148 valence electrons. The van der Waals surface area contributed by atoms with Crippen molar-refractivity contribution in [2.45, 2.75) is 13.0 Å². The molecule has 0 radical (unpaired) electrons. The summed E-state index contributed by atoms with van der Waals surface area (Å²) in [6, 6.07) is 6.03. The fraction of sp³-hybridized carbons (Fsp3) is 0.524. The molecule has 1 N–H and O–H groups in total. The van der Waals surface area contributed by atoms with Gasteiger partial charge in [-0.3, -0.25) is 4.79 Å². The molecule has 2 aliphatic heterocycles. The standard InChI is InChI=1S/C21H24N2O5/c24-20(18-14-2-3-15(10-14)19(18)21(25)26)23-7-5-22(6-8-23)11-13-1-4-16-17(9-13)28-12-27-16/h1-4,9,14-15,18-19H,5-8,10-12H2,(H,25,26)/t14-,15-,18+,19-/m1/s1. The Hall–Kier alpha value is -2.54. The van der Waals surface area contributed by atoms with Crippen molar-refractivity contribution in [2.24, 2.45) is 23.7 Å². The van der Waals surface area contributed by atoms with Gasteiger partial charge in [-0.2, -0.15) is 0 Å². The molecular weight excluding hydrogens is 360 g/mol. The average Bonchev–Trinajstić information content (AvgIpc) is 3.43. The smallest absolute Gasteiger partial charge is 0.231 e. The molecule has 2 heterocycles. The highest BCUT2D eigenvalue weighted by Crippen LogP contribution is 2.48. The molecule has 1 amide bonds. The van der Waals surface area contributed by atoms with Gasteiger partial charge in [0, 0.05) is 17.5 Å². The van der Waals surface area contributed by atoms with Gasteiger partial charge in [0.25, 0.3) is 0 Å². The highest BCUT2D eigenvalue weighted by molar-refractivity contribution is 5.86. The Labute approximate surface area is 163 Å². The maximum absolute atomic E-state index is 13.1. The lowest BCUT2D eigenvalue weighted by molar-refractivity contribution is -0.917. The van der Waals surface area contributed by atoms with Crippen LogP contribution in [-0.2, 0) is 16.1 Å². The van der Waals surface area contributed by atoms with Gasteiger partial charge in [-0.25, -0.2) is 0 Å². The molecule has 1 saturated heterocycles. The first-order chi connectivity index (χ1) is 13.6. The molecule has 5 rings (SSSR count). The van der Waals surface area contributed by atoms with Crippen LogP contribution in [0.25, 0.3) is 0 Å². The number of carboxylic acids is 1. The third-order valence-corrected chi connectivity index (χ3v) is 6.69. The Bertz CT molecular complexity index is 830. The Morgan fingerprint density at radius 3 is 2.54 bits per heavy atom. The Balaban J connectivity index is 1.20. The van der Waals surface area contributed by atoms with Crippen LogP contribution in [0.15, 0.2) is 30.4 Å². The molecule has 4 atom stereocenters. The van der Waals surface area contributed by atoms with E-state index in [9.17, 15) is 14.7 Å². The van der Waals surface area contributed by atoms with Crippen LogP contribution in [0.3, 0.4) is 0 Å². The van der Waals surface area contributed by atoms with Crippen LogP contribution in [0.5, 0.6) is 11.5 Å². The molecule has 28 heavy (non-hydrogen) atoms. The zero-order chi connectivity index (χ0) is 19.3. The van der Waals surface area contributed by atoms with Crippen molar-refractivity contribution < 1.29 is 29.1 Å². The zero-order valence-electron chi connectivity index (χ0n) is 15.6. The van der Waals surface area contributed by atoms with Gasteiger partial charge >= 0.3 is 0 Å². The summed E-state index contributed by atoms with van der Waals surface area (Å²) in [4.78, 5) is 27.9. The van der Waals surface area contributed by atoms with Crippen LogP contribution < -0.4 is 19.5 Å². The second kappa shape index (κ2) is 6.81. The lowest BCUT2D eigenvalue weighted by Crippen LogP contribution is -3.13. The van der Waals surface area contributed by atoms with Crippen LogP contribution in [0.2, 0.25) is 0 Å². The molecule has 0 spiro atoms. The molecule has 7 heteroatoms. The summed E-state index contributed by atoms with van der Waals surface area (Å²) >= 11 is 0. The number of nitrogens with one attached hydrogen (secondary N) is 1. The van der Waals surface area contributed by atoms with E-state index in [0.29, 0.717) is 13.1 Å². The molecule has 2 aliphatic carbocycles. The highest BCUT2D eigenvalue weighted by atomic mass is 16.7. The number of carboxylic acid groups (broad SMARTS) is 1. The van der Waals surface area contributed by atoms with Crippen LogP contribution in [0, 0.1) is 23.7 Å². The van der Waals surface area contributed by atoms with E-state index in [-0.39, 0.29) is 24.5 Å². The van der Waals surface area contributed by atoms with Gasteiger partial charge in [0.15, 0.2) is 11.5 Å². The Morgan fingerprint density at radius 1 is 1.07 bits per heavy atom. The number of carbonyl (C=O) groups excluding carboxylic acids is 2. The summed E-state index contributed by atoms with van der Waals surface area (Å²) in [5.74, 6) is -0.603. The SMILES string of the molecule is O=C([O-])[C@H]1[C@@H](C(=O)N2CC[NH+](Cc3ccc4c(c3)OCO4)CC2)[C@@H]2C=C[C@@H]1C2. The van der Waals surface area contributed by atoms with Gasteiger partial charge in [-0.1, -0.05) is 12.2 Å². The van der Waals surface area contributed by atoms with E-state index in [1.807, 2.05) is 29.2 Å². The van der Waals surface area contributed by atoms with Gasteiger partial charge in [0.05, 0.1) is 32.1 Å². The van der Waals surface area contributed by atoms with E-state index < -0.39 is 17.8 Å². The molecule has 1 aromatic carbocycles. The van der Waals surface area contributed by atoms with Gasteiger partial charge in [0.2, 0.25) is 12.7 Å². The van der Waals surface area contributed by atoms with Crippen LogP contribution >= 0.6 is 0 Å². The number of fused-ring (bicyclic) bond motifs is 3. The van der Waals surface area contributed by atoms with Gasteiger partial charge in [-0.15, -0.1) is 0 Å². The fourth-order valence-electron chi connectivity index (χ4n) is 5.25. The first-order valence-corrected chi connectivity index (χ1v) is 10.0. The minimum absolute atomic E-state index is 0.00632. The monoisotopic (exact) mass is 384 g/mol. The number of rotatable bonds is 4. The predicted molar refractivity (Wildman–Crippen MR) is 96.3 cm³/mol. The lowest BCUT2D eigenvalue weighted by Gasteiger charge is -2.37. The first kappa shape index (κ1) is 17.6. The number of quaternary nitrogens is 1. The van der Waals surface area contributed by atoms with Crippen LogP contribution in [0.4, 0.5) is 0 Å². The Morgan fingerprint density at radius 2 is 1.79 bits per heavy atom. The number of benzene rings is 1. The van der Waals surface area contributed by atoms with Crippen molar-refractivity contribution in [2.75, 3.05) is 33.0 Å². The Kier molecular flexibility index (Phi) is 4.27. The van der Waals surface area contributed by atoms with Crippen molar-refractivity contribution in [1.29, 1.82) is 0 Å². The molecule has 2 bridgehead atoms. The number of carbonyl (C=O) groups is 2. The van der Waals surface area contributed by atoms with Crippen molar-refractivity contribution >= 4 is 11.9 Å². The molecule has 7 nitrogen and oxygen atoms in total. The summed E-state index contributed by atoms with van der Waals surface area (Å²) in [5, 5.41) is 11.6. The van der Waals surface area contributed by atoms with Gasteiger partial charge in [0.1, 0.15) is 6.54 Å². The molecule has 1 aromatic rings. The number of ether oxygens (including phenoxy) is 2. The van der Waals surface area contributed by atoms with Gasteiger partial charge in [-0.05, 0) is 36.5 Å². The molecular formula is C21H24N2O5.